The molecule has 96 valence electrons. The van der Waals surface area contributed by atoms with Crippen molar-refractivity contribution in [3.8, 4) is 11.1 Å². The molecule has 2 aromatic rings. The first-order chi connectivity index (χ1) is 9.33. The molecular formula is C17H17NO. The van der Waals surface area contributed by atoms with Crippen LogP contribution < -0.4 is 5.32 Å². The summed E-state index contributed by atoms with van der Waals surface area (Å²) in [6, 6.07) is 17.4. The van der Waals surface area contributed by atoms with Gasteiger partial charge in [-0.2, -0.15) is 0 Å². The fraction of sp³-hybridized carbons (Fsp3) is 0.294. The summed E-state index contributed by atoms with van der Waals surface area (Å²) >= 11 is 0. The second-order valence-corrected chi connectivity index (χ2v) is 5.69. The van der Waals surface area contributed by atoms with Gasteiger partial charge in [-0.25, -0.2) is 0 Å². The van der Waals surface area contributed by atoms with Crippen LogP contribution in [0.25, 0.3) is 11.1 Å². The van der Waals surface area contributed by atoms with E-state index >= 15 is 0 Å². The number of hydrogen-bond acceptors (Lipinski definition) is 2. The van der Waals surface area contributed by atoms with E-state index in [1.165, 1.54) is 22.3 Å². The number of aliphatic hydroxyl groups excluding tert-OH is 1. The molecular weight excluding hydrogens is 234 g/mol. The van der Waals surface area contributed by atoms with Gasteiger partial charge in [0.25, 0.3) is 0 Å². The van der Waals surface area contributed by atoms with E-state index in [4.69, 9.17) is 0 Å². The Morgan fingerprint density at radius 1 is 0.947 bits per heavy atom. The second kappa shape index (κ2) is 3.92. The molecule has 0 radical (unpaired) electrons. The average Bonchev–Trinajstić information content (AvgIpc) is 3.19. The molecule has 0 spiro atoms. The predicted molar refractivity (Wildman–Crippen MR) is 75.9 cm³/mol. The normalized spacial score (nSPS) is 19.0. The van der Waals surface area contributed by atoms with E-state index in [0.29, 0.717) is 0 Å². The smallest absolute Gasteiger partial charge is 0.0613 e. The first-order valence-corrected chi connectivity index (χ1v) is 6.90. The third kappa shape index (κ3) is 1.64. The summed E-state index contributed by atoms with van der Waals surface area (Å²) in [7, 11) is 0. The molecule has 2 heteroatoms. The van der Waals surface area contributed by atoms with Gasteiger partial charge in [0.1, 0.15) is 0 Å². The first kappa shape index (κ1) is 11.2. The van der Waals surface area contributed by atoms with Crippen LogP contribution in [0.1, 0.15) is 30.0 Å². The Bertz CT molecular complexity index is 585. The SMILES string of the molecule is OCC1(NC2c3ccccc3-c3ccccc32)CC1. The van der Waals surface area contributed by atoms with Crippen molar-refractivity contribution in [2.24, 2.45) is 0 Å². The van der Waals surface area contributed by atoms with Gasteiger partial charge in [-0.05, 0) is 35.1 Å². The molecule has 1 saturated carbocycles. The van der Waals surface area contributed by atoms with Crippen LogP contribution in [-0.4, -0.2) is 17.3 Å². The Balaban J connectivity index is 1.82. The summed E-state index contributed by atoms with van der Waals surface area (Å²) in [5.41, 5.74) is 5.27. The van der Waals surface area contributed by atoms with Gasteiger partial charge in [-0.3, -0.25) is 5.32 Å². The number of nitrogens with one attached hydrogen (secondary N) is 1. The number of benzene rings is 2. The van der Waals surface area contributed by atoms with Gasteiger partial charge >= 0.3 is 0 Å². The number of hydrogen-bond donors (Lipinski definition) is 2. The van der Waals surface area contributed by atoms with Crippen molar-refractivity contribution in [2.75, 3.05) is 6.61 Å². The van der Waals surface area contributed by atoms with Crippen LogP contribution in [0.5, 0.6) is 0 Å². The summed E-state index contributed by atoms with van der Waals surface area (Å²) in [5.74, 6) is 0. The molecule has 19 heavy (non-hydrogen) atoms. The Labute approximate surface area is 113 Å². The van der Waals surface area contributed by atoms with E-state index in [0.717, 1.165) is 12.8 Å². The molecule has 0 bridgehead atoms. The molecule has 2 N–H and O–H groups in total. The van der Waals surface area contributed by atoms with Crippen molar-refractivity contribution in [3.05, 3.63) is 59.7 Å². The zero-order chi connectivity index (χ0) is 12.9. The molecule has 2 aliphatic carbocycles. The predicted octanol–water partition coefficient (Wildman–Crippen LogP) is 2.87. The van der Waals surface area contributed by atoms with Crippen LogP contribution in [-0.2, 0) is 0 Å². The van der Waals surface area contributed by atoms with E-state index in [9.17, 15) is 5.11 Å². The average molecular weight is 251 g/mol. The van der Waals surface area contributed by atoms with Crippen molar-refractivity contribution in [3.63, 3.8) is 0 Å². The lowest BCUT2D eigenvalue weighted by Gasteiger charge is -2.22. The fourth-order valence-electron chi connectivity index (χ4n) is 3.12. The van der Waals surface area contributed by atoms with Gasteiger partial charge in [0.05, 0.1) is 12.6 Å². The molecule has 2 aliphatic rings. The Kier molecular flexibility index (Phi) is 2.32. The second-order valence-electron chi connectivity index (χ2n) is 5.69. The molecule has 0 saturated heterocycles. The fourth-order valence-corrected chi connectivity index (χ4v) is 3.12. The highest BCUT2D eigenvalue weighted by molar-refractivity contribution is 5.78. The van der Waals surface area contributed by atoms with Crippen LogP contribution in [0.2, 0.25) is 0 Å². The number of fused-ring (bicyclic) bond motifs is 3. The minimum absolute atomic E-state index is 0.0464. The maximum Gasteiger partial charge on any atom is 0.0613 e. The first-order valence-electron chi connectivity index (χ1n) is 6.90. The van der Waals surface area contributed by atoms with E-state index in [1.807, 2.05) is 0 Å². The summed E-state index contributed by atoms with van der Waals surface area (Å²) in [4.78, 5) is 0. The van der Waals surface area contributed by atoms with Crippen molar-refractivity contribution in [1.82, 2.24) is 5.32 Å². The van der Waals surface area contributed by atoms with Gasteiger partial charge in [0.2, 0.25) is 0 Å². The van der Waals surface area contributed by atoms with Crippen LogP contribution in [0, 0.1) is 0 Å². The lowest BCUT2D eigenvalue weighted by Crippen LogP contribution is -2.37. The van der Waals surface area contributed by atoms with E-state index in [-0.39, 0.29) is 18.2 Å². The third-order valence-corrected chi connectivity index (χ3v) is 4.44. The summed E-state index contributed by atoms with van der Waals surface area (Å²) in [6.07, 6.45) is 2.15. The van der Waals surface area contributed by atoms with Crippen molar-refractivity contribution < 1.29 is 5.11 Å². The van der Waals surface area contributed by atoms with Crippen molar-refractivity contribution in [2.45, 2.75) is 24.4 Å². The number of rotatable bonds is 3. The molecule has 2 nitrogen and oxygen atoms in total. The van der Waals surface area contributed by atoms with Gasteiger partial charge in [0.15, 0.2) is 0 Å². The Morgan fingerprint density at radius 3 is 1.95 bits per heavy atom. The minimum atomic E-state index is -0.0464. The van der Waals surface area contributed by atoms with Gasteiger partial charge in [-0.15, -0.1) is 0 Å². The Hall–Kier alpha value is -1.64. The van der Waals surface area contributed by atoms with Gasteiger partial charge in [0, 0.05) is 5.54 Å². The lowest BCUT2D eigenvalue weighted by molar-refractivity contribution is 0.224. The molecule has 0 aromatic heterocycles. The third-order valence-electron chi connectivity index (χ3n) is 4.44. The van der Waals surface area contributed by atoms with Crippen LogP contribution in [0.3, 0.4) is 0 Å². The van der Waals surface area contributed by atoms with E-state index < -0.39 is 0 Å². The van der Waals surface area contributed by atoms with Crippen LogP contribution in [0.15, 0.2) is 48.5 Å². The molecule has 2 aromatic carbocycles. The topological polar surface area (TPSA) is 32.3 Å². The van der Waals surface area contributed by atoms with E-state index in [2.05, 4.69) is 53.8 Å². The zero-order valence-corrected chi connectivity index (χ0v) is 10.8. The minimum Gasteiger partial charge on any atom is -0.394 e. The molecule has 1 fully saturated rings. The summed E-state index contributed by atoms with van der Waals surface area (Å²) in [6.45, 7) is 0.230. The highest BCUT2D eigenvalue weighted by Gasteiger charge is 2.45. The van der Waals surface area contributed by atoms with Crippen LogP contribution >= 0.6 is 0 Å². The quantitative estimate of drug-likeness (QED) is 0.879. The molecule has 0 atom stereocenters. The maximum absolute atomic E-state index is 9.55. The maximum atomic E-state index is 9.55. The molecule has 0 heterocycles. The molecule has 0 aliphatic heterocycles. The van der Waals surface area contributed by atoms with Gasteiger partial charge in [-0.1, -0.05) is 48.5 Å². The van der Waals surface area contributed by atoms with Crippen LogP contribution in [0.4, 0.5) is 0 Å². The summed E-state index contributed by atoms with van der Waals surface area (Å²) in [5, 5.41) is 13.2. The number of aliphatic hydroxyl groups is 1. The van der Waals surface area contributed by atoms with E-state index in [1.54, 1.807) is 0 Å². The summed E-state index contributed by atoms with van der Waals surface area (Å²) < 4.78 is 0. The Morgan fingerprint density at radius 2 is 1.47 bits per heavy atom. The zero-order valence-electron chi connectivity index (χ0n) is 10.8. The molecule has 4 rings (SSSR count). The monoisotopic (exact) mass is 251 g/mol. The highest BCUT2D eigenvalue weighted by Crippen LogP contribution is 2.46. The lowest BCUT2D eigenvalue weighted by atomic mass is 10.0. The molecule has 0 amide bonds. The standard InChI is InChI=1S/C17H17NO/c19-11-17(9-10-17)18-16-14-7-3-1-5-12(14)13-6-2-4-8-15(13)16/h1-8,16,18-19H,9-11H2. The molecule has 0 unspecified atom stereocenters. The van der Waals surface area contributed by atoms with Crippen molar-refractivity contribution in [1.29, 1.82) is 0 Å². The largest absolute Gasteiger partial charge is 0.394 e. The van der Waals surface area contributed by atoms with Crippen molar-refractivity contribution >= 4 is 0 Å². The van der Waals surface area contributed by atoms with Gasteiger partial charge < -0.3 is 5.11 Å². The highest BCUT2D eigenvalue weighted by atomic mass is 16.3.